The van der Waals surface area contributed by atoms with E-state index in [0.717, 1.165) is 23.3 Å². The van der Waals surface area contributed by atoms with Crippen molar-refractivity contribution < 1.29 is 36.0 Å². The Morgan fingerprint density at radius 2 is 1.55 bits per heavy atom. The first-order valence-corrected chi connectivity index (χ1v) is 9.81. The maximum atomic E-state index is 13.3. The van der Waals surface area contributed by atoms with Crippen LogP contribution in [0.2, 0.25) is 0 Å². The van der Waals surface area contributed by atoms with Gasteiger partial charge in [-0.3, -0.25) is 0 Å². The summed E-state index contributed by atoms with van der Waals surface area (Å²) in [5.74, 6) is 0.537. The standard InChI is InChI=1S/C23H18F6N2O2/c1-13-10-16-11-17(21(32,22(24,25)26)23(27,28)29)8-9-19(16)31(13)12-18-14(2)33-30-20(18)15-6-4-3-5-7-15/h3-11,32H,12H2,1-2H3. The van der Waals surface area contributed by atoms with Crippen LogP contribution in [0.3, 0.4) is 0 Å². The first-order chi connectivity index (χ1) is 15.3. The van der Waals surface area contributed by atoms with Crippen molar-refractivity contribution in [3.8, 4) is 11.3 Å². The third-order valence-electron chi connectivity index (χ3n) is 5.69. The monoisotopic (exact) mass is 468 g/mol. The Hall–Kier alpha value is -3.27. The number of aromatic nitrogens is 2. The fourth-order valence-electron chi connectivity index (χ4n) is 3.89. The van der Waals surface area contributed by atoms with Gasteiger partial charge >= 0.3 is 12.4 Å². The molecular weight excluding hydrogens is 450 g/mol. The summed E-state index contributed by atoms with van der Waals surface area (Å²) in [4.78, 5) is 0. The highest BCUT2D eigenvalue weighted by Gasteiger charge is 2.71. The van der Waals surface area contributed by atoms with Crippen molar-refractivity contribution >= 4 is 10.9 Å². The molecule has 2 aromatic carbocycles. The molecule has 0 unspecified atom stereocenters. The Kier molecular flexibility index (Phi) is 5.31. The highest BCUT2D eigenvalue weighted by Crippen LogP contribution is 2.50. The van der Waals surface area contributed by atoms with E-state index < -0.39 is 23.5 Å². The zero-order chi connectivity index (χ0) is 24.2. The SMILES string of the molecule is Cc1onc(-c2ccccc2)c1Cn1c(C)cc2cc(C(O)(C(F)(F)F)C(F)(F)F)ccc21. The van der Waals surface area contributed by atoms with Crippen LogP contribution in [0.1, 0.15) is 22.6 Å². The van der Waals surface area contributed by atoms with Crippen LogP contribution in [0.25, 0.3) is 22.2 Å². The summed E-state index contributed by atoms with van der Waals surface area (Å²) in [5, 5.41) is 14.0. The average molecular weight is 468 g/mol. The van der Waals surface area contributed by atoms with E-state index in [4.69, 9.17) is 4.52 Å². The maximum Gasteiger partial charge on any atom is 0.430 e. The Morgan fingerprint density at radius 1 is 0.909 bits per heavy atom. The molecule has 4 aromatic rings. The second-order valence-corrected chi connectivity index (χ2v) is 7.78. The molecule has 0 radical (unpaired) electrons. The van der Waals surface area contributed by atoms with Gasteiger partial charge in [0, 0.05) is 33.3 Å². The van der Waals surface area contributed by atoms with Gasteiger partial charge in [0.25, 0.3) is 5.60 Å². The van der Waals surface area contributed by atoms with Gasteiger partial charge < -0.3 is 14.2 Å². The minimum atomic E-state index is -5.94. The highest BCUT2D eigenvalue weighted by molar-refractivity contribution is 5.82. The topological polar surface area (TPSA) is 51.2 Å². The lowest BCUT2D eigenvalue weighted by atomic mass is 9.91. The minimum absolute atomic E-state index is 0.132. The first-order valence-electron chi connectivity index (χ1n) is 9.81. The summed E-state index contributed by atoms with van der Waals surface area (Å²) in [7, 11) is 0. The lowest BCUT2D eigenvalue weighted by Gasteiger charge is -2.32. The number of alkyl halides is 6. The van der Waals surface area contributed by atoms with Crippen molar-refractivity contribution in [3.63, 3.8) is 0 Å². The van der Waals surface area contributed by atoms with E-state index in [1.807, 2.05) is 30.3 Å². The third-order valence-corrected chi connectivity index (χ3v) is 5.69. The van der Waals surface area contributed by atoms with Crippen LogP contribution in [-0.4, -0.2) is 27.2 Å². The predicted octanol–water partition coefficient (Wildman–Crippen LogP) is 6.27. The minimum Gasteiger partial charge on any atom is -0.369 e. The molecule has 174 valence electrons. The molecule has 0 bridgehead atoms. The molecule has 0 fully saturated rings. The van der Waals surface area contributed by atoms with Gasteiger partial charge in [-0.25, -0.2) is 0 Å². The molecule has 0 saturated heterocycles. The van der Waals surface area contributed by atoms with Gasteiger partial charge in [0.1, 0.15) is 11.5 Å². The molecule has 0 aliphatic rings. The third kappa shape index (κ3) is 3.68. The molecule has 10 heteroatoms. The highest BCUT2D eigenvalue weighted by atomic mass is 19.4. The maximum absolute atomic E-state index is 13.3. The Balaban J connectivity index is 1.81. The Labute approximate surface area is 184 Å². The number of rotatable bonds is 4. The fourth-order valence-corrected chi connectivity index (χ4v) is 3.89. The first kappa shape index (κ1) is 22.9. The van der Waals surface area contributed by atoms with Gasteiger partial charge in [0.2, 0.25) is 0 Å². The number of aryl methyl sites for hydroxylation is 2. The number of nitrogens with zero attached hydrogens (tertiary/aromatic N) is 2. The van der Waals surface area contributed by atoms with Crippen molar-refractivity contribution in [1.29, 1.82) is 0 Å². The number of halogens is 6. The molecule has 2 heterocycles. The second kappa shape index (κ2) is 7.65. The number of aliphatic hydroxyl groups is 1. The van der Waals surface area contributed by atoms with Gasteiger partial charge in [0.15, 0.2) is 0 Å². The molecule has 0 aliphatic heterocycles. The van der Waals surface area contributed by atoms with Crippen LogP contribution in [0.4, 0.5) is 26.3 Å². The van der Waals surface area contributed by atoms with E-state index in [9.17, 15) is 31.4 Å². The molecule has 0 saturated carbocycles. The quantitative estimate of drug-likeness (QED) is 0.359. The Morgan fingerprint density at radius 3 is 2.15 bits per heavy atom. The van der Waals surface area contributed by atoms with Crippen LogP contribution < -0.4 is 0 Å². The number of fused-ring (bicyclic) bond motifs is 1. The van der Waals surface area contributed by atoms with Gasteiger partial charge in [-0.2, -0.15) is 26.3 Å². The molecule has 1 N–H and O–H groups in total. The van der Waals surface area contributed by atoms with E-state index in [2.05, 4.69) is 5.16 Å². The van der Waals surface area contributed by atoms with Crippen molar-refractivity contribution in [1.82, 2.24) is 9.72 Å². The summed E-state index contributed by atoms with van der Waals surface area (Å²) in [6.45, 7) is 3.64. The van der Waals surface area contributed by atoms with Crippen LogP contribution in [0, 0.1) is 13.8 Å². The van der Waals surface area contributed by atoms with Gasteiger partial charge in [-0.15, -0.1) is 0 Å². The summed E-state index contributed by atoms with van der Waals surface area (Å²) in [5.41, 5.74) is -3.13. The lowest BCUT2D eigenvalue weighted by Crippen LogP contribution is -2.53. The number of benzene rings is 2. The Bertz CT molecular complexity index is 1290. The molecule has 0 amide bonds. The molecule has 33 heavy (non-hydrogen) atoms. The smallest absolute Gasteiger partial charge is 0.369 e. The van der Waals surface area contributed by atoms with E-state index in [-0.39, 0.29) is 11.9 Å². The lowest BCUT2D eigenvalue weighted by molar-refractivity contribution is -0.376. The number of hydrogen-bond acceptors (Lipinski definition) is 3. The van der Waals surface area contributed by atoms with E-state index in [1.165, 1.54) is 6.07 Å². The predicted molar refractivity (Wildman–Crippen MR) is 108 cm³/mol. The molecular formula is C23H18F6N2O2. The fraction of sp³-hybridized carbons (Fsp3) is 0.261. The molecule has 0 atom stereocenters. The number of hydrogen-bond donors (Lipinski definition) is 1. The van der Waals surface area contributed by atoms with Gasteiger partial charge in [-0.05, 0) is 32.0 Å². The second-order valence-electron chi connectivity index (χ2n) is 7.78. The molecule has 2 aromatic heterocycles. The van der Waals surface area contributed by atoms with Gasteiger partial charge in [-0.1, -0.05) is 41.6 Å². The van der Waals surface area contributed by atoms with Crippen molar-refractivity contribution in [2.24, 2.45) is 0 Å². The van der Waals surface area contributed by atoms with Crippen LogP contribution in [0.15, 0.2) is 59.1 Å². The molecule has 0 spiro atoms. The summed E-state index contributed by atoms with van der Waals surface area (Å²) in [6, 6.07) is 13.2. The zero-order valence-corrected chi connectivity index (χ0v) is 17.4. The van der Waals surface area contributed by atoms with Crippen molar-refractivity contribution in [3.05, 3.63) is 77.2 Å². The molecule has 0 aliphatic carbocycles. The average Bonchev–Trinajstić information content (AvgIpc) is 3.25. The van der Waals surface area contributed by atoms with Crippen LogP contribution in [-0.2, 0) is 12.1 Å². The summed E-state index contributed by atoms with van der Waals surface area (Å²) < 4.78 is 86.8. The molecule has 4 rings (SSSR count). The van der Waals surface area contributed by atoms with E-state index in [0.29, 0.717) is 28.7 Å². The van der Waals surface area contributed by atoms with Crippen LogP contribution in [0.5, 0.6) is 0 Å². The largest absolute Gasteiger partial charge is 0.430 e. The molecule has 4 nitrogen and oxygen atoms in total. The summed E-state index contributed by atoms with van der Waals surface area (Å²) in [6.07, 6.45) is -11.9. The van der Waals surface area contributed by atoms with Gasteiger partial charge in [0.05, 0.1) is 6.54 Å². The zero-order valence-electron chi connectivity index (χ0n) is 17.4. The van der Waals surface area contributed by atoms with Crippen molar-refractivity contribution in [2.75, 3.05) is 0 Å². The van der Waals surface area contributed by atoms with E-state index >= 15 is 0 Å². The van der Waals surface area contributed by atoms with Crippen LogP contribution >= 0.6 is 0 Å². The normalized spacial score (nSPS) is 13.1. The van der Waals surface area contributed by atoms with E-state index in [1.54, 1.807) is 18.4 Å². The van der Waals surface area contributed by atoms with Crippen molar-refractivity contribution in [2.45, 2.75) is 38.3 Å². The summed E-state index contributed by atoms with van der Waals surface area (Å²) >= 11 is 0.